The maximum Gasteiger partial charge on any atom is 0.190 e. The van der Waals surface area contributed by atoms with Crippen LogP contribution < -0.4 is 14.2 Å². The lowest BCUT2D eigenvalue weighted by atomic mass is 9.88. The van der Waals surface area contributed by atoms with Crippen LogP contribution in [0.2, 0.25) is 0 Å². The van der Waals surface area contributed by atoms with Gasteiger partial charge in [0.15, 0.2) is 5.78 Å². The average Bonchev–Trinajstić information content (AvgIpc) is 2.67. The van der Waals surface area contributed by atoms with Crippen LogP contribution in [0.5, 0.6) is 17.2 Å². The van der Waals surface area contributed by atoms with Gasteiger partial charge in [0.1, 0.15) is 28.6 Å². The van der Waals surface area contributed by atoms with Crippen molar-refractivity contribution >= 4 is 17.5 Å². The van der Waals surface area contributed by atoms with Crippen molar-refractivity contribution in [2.45, 2.75) is 4.75 Å². The Balaban J connectivity index is 2.05. The van der Waals surface area contributed by atoms with Crippen molar-refractivity contribution in [2.24, 2.45) is 0 Å². The van der Waals surface area contributed by atoms with Gasteiger partial charge in [-0.3, -0.25) is 4.79 Å². The molecule has 1 atom stereocenters. The molecule has 0 aromatic heterocycles. The summed E-state index contributed by atoms with van der Waals surface area (Å²) in [5.74, 6) is 2.66. The predicted octanol–water partition coefficient (Wildman–Crippen LogP) is 4.09. The summed E-state index contributed by atoms with van der Waals surface area (Å²) < 4.78 is 15.6. The molecule has 1 heterocycles. The number of Topliss-reactive ketones (excluding diaryl/α,β-unsaturated/α-hetero) is 1. The zero-order valence-corrected chi connectivity index (χ0v) is 15.1. The van der Waals surface area contributed by atoms with E-state index in [1.165, 1.54) is 11.8 Å². The summed E-state index contributed by atoms with van der Waals surface area (Å²) in [6.07, 6.45) is 1.80. The lowest BCUT2D eigenvalue weighted by Gasteiger charge is -2.36. The first-order chi connectivity index (χ1) is 12.1. The van der Waals surface area contributed by atoms with E-state index >= 15 is 0 Å². The molecule has 0 saturated heterocycles. The Morgan fingerprint density at radius 1 is 1.16 bits per heavy atom. The molecule has 130 valence electrons. The van der Waals surface area contributed by atoms with Crippen LogP contribution in [0.3, 0.4) is 0 Å². The Kier molecular flexibility index (Phi) is 5.04. The SMILES string of the molecule is C=CCSC1(c2ccc(OC)cc2)COc2cc(OC)ccc2C1=O. The van der Waals surface area contributed by atoms with Crippen LogP contribution in [0.4, 0.5) is 0 Å². The number of hydrogen-bond acceptors (Lipinski definition) is 5. The van der Waals surface area contributed by atoms with Crippen LogP contribution in [-0.4, -0.2) is 32.4 Å². The molecule has 0 amide bonds. The highest BCUT2D eigenvalue weighted by atomic mass is 32.2. The van der Waals surface area contributed by atoms with Crippen molar-refractivity contribution < 1.29 is 19.0 Å². The third-order valence-corrected chi connectivity index (χ3v) is 5.67. The predicted molar refractivity (Wildman–Crippen MR) is 100 cm³/mol. The summed E-state index contributed by atoms with van der Waals surface area (Å²) in [6.45, 7) is 4.04. The minimum absolute atomic E-state index is 0.0356. The van der Waals surface area contributed by atoms with Gasteiger partial charge in [-0.05, 0) is 29.8 Å². The molecule has 3 rings (SSSR count). The molecular formula is C20H20O4S. The molecule has 4 nitrogen and oxygen atoms in total. The average molecular weight is 356 g/mol. The van der Waals surface area contributed by atoms with Gasteiger partial charge in [-0.1, -0.05) is 18.2 Å². The largest absolute Gasteiger partial charge is 0.497 e. The molecule has 0 spiro atoms. The first-order valence-corrected chi connectivity index (χ1v) is 8.88. The Morgan fingerprint density at radius 2 is 1.84 bits per heavy atom. The normalized spacial score (nSPS) is 18.9. The van der Waals surface area contributed by atoms with Gasteiger partial charge >= 0.3 is 0 Å². The summed E-state index contributed by atoms with van der Waals surface area (Å²) in [7, 11) is 3.21. The van der Waals surface area contributed by atoms with Gasteiger partial charge in [-0.25, -0.2) is 0 Å². The first kappa shape index (κ1) is 17.4. The number of rotatable bonds is 6. The molecule has 0 fully saturated rings. The zero-order valence-electron chi connectivity index (χ0n) is 14.3. The number of hydrogen-bond donors (Lipinski definition) is 0. The van der Waals surface area contributed by atoms with Crippen LogP contribution >= 0.6 is 11.8 Å². The van der Waals surface area contributed by atoms with Crippen LogP contribution in [-0.2, 0) is 4.75 Å². The smallest absolute Gasteiger partial charge is 0.190 e. The molecule has 0 saturated carbocycles. The Labute approximate surface area is 151 Å². The van der Waals surface area contributed by atoms with Crippen molar-refractivity contribution in [1.82, 2.24) is 0 Å². The number of fused-ring (bicyclic) bond motifs is 1. The van der Waals surface area contributed by atoms with Gasteiger partial charge in [0.05, 0.1) is 19.8 Å². The van der Waals surface area contributed by atoms with Crippen molar-refractivity contribution in [2.75, 3.05) is 26.6 Å². The third-order valence-electron chi connectivity index (χ3n) is 4.24. The standard InChI is InChI=1S/C20H20O4S/c1-4-11-25-20(14-5-7-15(22-2)8-6-14)13-24-18-12-16(23-3)9-10-17(18)19(20)21/h4-10,12H,1,11,13H2,2-3H3. The maximum absolute atomic E-state index is 13.4. The molecule has 0 aliphatic carbocycles. The summed E-state index contributed by atoms with van der Waals surface area (Å²) in [4.78, 5) is 13.4. The molecule has 2 aromatic carbocycles. The van der Waals surface area contributed by atoms with Crippen molar-refractivity contribution in [3.8, 4) is 17.2 Å². The molecule has 25 heavy (non-hydrogen) atoms. The minimum Gasteiger partial charge on any atom is -0.497 e. The van der Waals surface area contributed by atoms with Gasteiger partial charge in [0, 0.05) is 11.8 Å². The fourth-order valence-electron chi connectivity index (χ4n) is 2.87. The summed E-state index contributed by atoms with van der Waals surface area (Å²) in [5.41, 5.74) is 1.46. The number of carbonyl (C=O) groups excluding carboxylic acids is 1. The molecule has 0 radical (unpaired) electrons. The fourth-order valence-corrected chi connectivity index (χ4v) is 3.95. The van der Waals surface area contributed by atoms with Gasteiger partial charge < -0.3 is 14.2 Å². The highest BCUT2D eigenvalue weighted by Gasteiger charge is 2.46. The van der Waals surface area contributed by atoms with Crippen LogP contribution in [0.25, 0.3) is 0 Å². The highest BCUT2D eigenvalue weighted by Crippen LogP contribution is 2.46. The summed E-state index contributed by atoms with van der Waals surface area (Å²) in [6, 6.07) is 12.9. The fraction of sp³-hybridized carbons (Fsp3) is 0.250. The molecule has 1 aliphatic rings. The quantitative estimate of drug-likeness (QED) is 0.730. The number of ketones is 1. The van der Waals surface area contributed by atoms with E-state index in [2.05, 4.69) is 6.58 Å². The Bertz CT molecular complexity index is 785. The topological polar surface area (TPSA) is 44.8 Å². The zero-order chi connectivity index (χ0) is 17.9. The van der Waals surface area contributed by atoms with Crippen LogP contribution in [0.15, 0.2) is 55.1 Å². The van der Waals surface area contributed by atoms with E-state index in [1.807, 2.05) is 24.3 Å². The second-order valence-corrected chi connectivity index (χ2v) is 6.95. The minimum atomic E-state index is -0.804. The monoisotopic (exact) mass is 356 g/mol. The molecule has 2 aromatic rings. The third kappa shape index (κ3) is 3.12. The van der Waals surface area contributed by atoms with E-state index in [0.717, 1.165) is 11.3 Å². The van der Waals surface area contributed by atoms with E-state index in [4.69, 9.17) is 14.2 Å². The molecule has 0 bridgehead atoms. The lowest BCUT2D eigenvalue weighted by Crippen LogP contribution is -2.42. The molecule has 5 heteroatoms. The van der Waals surface area contributed by atoms with E-state index in [1.54, 1.807) is 38.5 Å². The summed E-state index contributed by atoms with van der Waals surface area (Å²) in [5, 5.41) is 0. The van der Waals surface area contributed by atoms with Crippen LogP contribution in [0, 0.1) is 0 Å². The van der Waals surface area contributed by atoms with Gasteiger partial charge in [-0.15, -0.1) is 18.3 Å². The number of methoxy groups -OCH3 is 2. The van der Waals surface area contributed by atoms with Crippen molar-refractivity contribution in [3.63, 3.8) is 0 Å². The maximum atomic E-state index is 13.4. The van der Waals surface area contributed by atoms with Gasteiger partial charge in [-0.2, -0.15) is 0 Å². The van der Waals surface area contributed by atoms with Gasteiger partial charge in [0.2, 0.25) is 0 Å². The van der Waals surface area contributed by atoms with E-state index in [9.17, 15) is 4.79 Å². The van der Waals surface area contributed by atoms with Crippen molar-refractivity contribution in [1.29, 1.82) is 0 Å². The van der Waals surface area contributed by atoms with Gasteiger partial charge in [0.25, 0.3) is 0 Å². The van der Waals surface area contributed by atoms with Crippen LogP contribution in [0.1, 0.15) is 15.9 Å². The summed E-state index contributed by atoms with van der Waals surface area (Å²) >= 11 is 1.53. The highest BCUT2D eigenvalue weighted by molar-refractivity contribution is 8.01. The van der Waals surface area contributed by atoms with E-state index in [0.29, 0.717) is 22.8 Å². The molecular weight excluding hydrogens is 336 g/mol. The molecule has 1 unspecified atom stereocenters. The number of ether oxygens (including phenoxy) is 3. The number of thioether (sulfide) groups is 1. The van der Waals surface area contributed by atoms with E-state index in [-0.39, 0.29) is 12.4 Å². The number of carbonyl (C=O) groups is 1. The first-order valence-electron chi connectivity index (χ1n) is 7.89. The Hall–Kier alpha value is -2.40. The Morgan fingerprint density at radius 3 is 2.48 bits per heavy atom. The number of benzene rings is 2. The second-order valence-electron chi connectivity index (χ2n) is 5.64. The molecule has 1 aliphatic heterocycles. The van der Waals surface area contributed by atoms with Crippen molar-refractivity contribution in [3.05, 3.63) is 66.2 Å². The molecule has 0 N–H and O–H groups in total. The van der Waals surface area contributed by atoms with E-state index < -0.39 is 4.75 Å². The second kappa shape index (κ2) is 7.23. The lowest BCUT2D eigenvalue weighted by molar-refractivity contribution is 0.0867.